The van der Waals surface area contributed by atoms with Crippen molar-refractivity contribution in [3.8, 4) is 0 Å². The summed E-state index contributed by atoms with van der Waals surface area (Å²) in [5.41, 5.74) is 0.131. The second-order valence-corrected chi connectivity index (χ2v) is 7.15. The topological polar surface area (TPSA) is 23.5 Å². The molecule has 0 spiro atoms. The van der Waals surface area contributed by atoms with Crippen LogP contribution in [0.3, 0.4) is 0 Å². The SMILES string of the molecule is CC1(C)CCCC(CN2CCCCCCC2)C1O. The Hall–Kier alpha value is -0.0800. The van der Waals surface area contributed by atoms with Crippen LogP contribution in [0.1, 0.15) is 65.2 Å². The lowest BCUT2D eigenvalue weighted by Gasteiger charge is -2.42. The standard InChI is InChI=1S/C16H31NO/c1-16(2)10-8-9-14(15(16)18)13-17-11-6-4-3-5-7-12-17/h14-15,18H,3-13H2,1-2H3. The van der Waals surface area contributed by atoms with E-state index in [1.54, 1.807) is 0 Å². The maximum atomic E-state index is 10.5. The second kappa shape index (κ2) is 6.38. The van der Waals surface area contributed by atoms with Crippen LogP contribution in [0.5, 0.6) is 0 Å². The lowest BCUT2D eigenvalue weighted by atomic mass is 9.69. The Labute approximate surface area is 113 Å². The molecule has 2 aliphatic rings. The van der Waals surface area contributed by atoms with Crippen LogP contribution in [0.25, 0.3) is 0 Å². The third-order valence-corrected chi connectivity index (χ3v) is 5.08. The Bertz CT molecular complexity index is 243. The van der Waals surface area contributed by atoms with Gasteiger partial charge in [-0.05, 0) is 50.1 Å². The van der Waals surface area contributed by atoms with Gasteiger partial charge in [-0.1, -0.05) is 39.5 Å². The Balaban J connectivity index is 1.86. The van der Waals surface area contributed by atoms with E-state index in [0.29, 0.717) is 5.92 Å². The molecule has 2 fully saturated rings. The molecule has 0 aromatic rings. The Kier molecular flexibility index (Phi) is 5.08. The van der Waals surface area contributed by atoms with Gasteiger partial charge in [0.1, 0.15) is 0 Å². The Morgan fingerprint density at radius 3 is 2.28 bits per heavy atom. The third kappa shape index (κ3) is 3.71. The van der Waals surface area contributed by atoms with Gasteiger partial charge in [-0.15, -0.1) is 0 Å². The number of likely N-dealkylation sites (tertiary alicyclic amines) is 1. The minimum atomic E-state index is -0.100. The van der Waals surface area contributed by atoms with E-state index in [9.17, 15) is 5.11 Å². The minimum absolute atomic E-state index is 0.100. The van der Waals surface area contributed by atoms with Crippen molar-refractivity contribution in [1.82, 2.24) is 4.90 Å². The van der Waals surface area contributed by atoms with Crippen molar-refractivity contribution in [2.45, 2.75) is 71.3 Å². The molecule has 106 valence electrons. The summed E-state index contributed by atoms with van der Waals surface area (Å²) < 4.78 is 0. The van der Waals surface area contributed by atoms with E-state index in [1.807, 2.05) is 0 Å². The van der Waals surface area contributed by atoms with Gasteiger partial charge in [0.2, 0.25) is 0 Å². The van der Waals surface area contributed by atoms with E-state index < -0.39 is 0 Å². The molecule has 0 radical (unpaired) electrons. The monoisotopic (exact) mass is 253 g/mol. The first kappa shape index (κ1) is 14.3. The molecule has 1 N–H and O–H groups in total. The molecule has 2 nitrogen and oxygen atoms in total. The van der Waals surface area contributed by atoms with Gasteiger partial charge in [0, 0.05) is 6.54 Å². The molecular weight excluding hydrogens is 222 g/mol. The quantitative estimate of drug-likeness (QED) is 0.815. The van der Waals surface area contributed by atoms with Crippen LogP contribution in [0.4, 0.5) is 0 Å². The van der Waals surface area contributed by atoms with Gasteiger partial charge < -0.3 is 10.0 Å². The van der Waals surface area contributed by atoms with Crippen molar-refractivity contribution in [3.05, 3.63) is 0 Å². The molecular formula is C16H31NO. The average Bonchev–Trinajstić information content (AvgIpc) is 2.28. The second-order valence-electron chi connectivity index (χ2n) is 7.15. The van der Waals surface area contributed by atoms with E-state index in [4.69, 9.17) is 0 Å². The summed E-state index contributed by atoms with van der Waals surface area (Å²) in [6.07, 6.45) is 10.5. The van der Waals surface area contributed by atoms with Crippen molar-refractivity contribution >= 4 is 0 Å². The Morgan fingerprint density at radius 2 is 1.61 bits per heavy atom. The van der Waals surface area contributed by atoms with E-state index in [1.165, 1.54) is 64.5 Å². The largest absolute Gasteiger partial charge is 0.392 e. The summed E-state index contributed by atoms with van der Waals surface area (Å²) in [6, 6.07) is 0. The highest BCUT2D eigenvalue weighted by Gasteiger charge is 2.38. The molecule has 0 amide bonds. The molecule has 2 rings (SSSR count). The molecule has 0 aromatic heterocycles. The summed E-state index contributed by atoms with van der Waals surface area (Å²) in [5, 5.41) is 10.5. The molecule has 1 aliphatic carbocycles. The summed E-state index contributed by atoms with van der Waals surface area (Å²) in [4.78, 5) is 2.62. The number of aliphatic hydroxyl groups excluding tert-OH is 1. The molecule has 2 heteroatoms. The smallest absolute Gasteiger partial charge is 0.0631 e. The first-order chi connectivity index (χ1) is 8.59. The van der Waals surface area contributed by atoms with Gasteiger partial charge in [-0.25, -0.2) is 0 Å². The number of hydrogen-bond donors (Lipinski definition) is 1. The molecule has 2 atom stereocenters. The molecule has 18 heavy (non-hydrogen) atoms. The first-order valence-electron chi connectivity index (χ1n) is 8.00. The van der Waals surface area contributed by atoms with Crippen molar-refractivity contribution in [1.29, 1.82) is 0 Å². The van der Waals surface area contributed by atoms with Crippen LogP contribution in [0.15, 0.2) is 0 Å². The minimum Gasteiger partial charge on any atom is -0.392 e. The molecule has 1 saturated heterocycles. The van der Waals surface area contributed by atoms with Crippen molar-refractivity contribution in [3.63, 3.8) is 0 Å². The summed E-state index contributed by atoms with van der Waals surface area (Å²) in [6.45, 7) is 8.10. The van der Waals surface area contributed by atoms with Gasteiger partial charge in [0.25, 0.3) is 0 Å². The maximum absolute atomic E-state index is 10.5. The van der Waals surface area contributed by atoms with Gasteiger partial charge in [-0.3, -0.25) is 0 Å². The number of rotatable bonds is 2. The van der Waals surface area contributed by atoms with Crippen LogP contribution in [0, 0.1) is 11.3 Å². The summed E-state index contributed by atoms with van der Waals surface area (Å²) in [5.74, 6) is 0.508. The van der Waals surface area contributed by atoms with Gasteiger partial charge in [0.05, 0.1) is 6.10 Å². The van der Waals surface area contributed by atoms with Crippen LogP contribution in [-0.4, -0.2) is 35.7 Å². The highest BCUT2D eigenvalue weighted by molar-refractivity contribution is 4.89. The average molecular weight is 253 g/mol. The first-order valence-corrected chi connectivity index (χ1v) is 8.00. The Morgan fingerprint density at radius 1 is 1.00 bits per heavy atom. The zero-order valence-electron chi connectivity index (χ0n) is 12.3. The van der Waals surface area contributed by atoms with Crippen molar-refractivity contribution in [2.24, 2.45) is 11.3 Å². The fourth-order valence-corrected chi connectivity index (χ4v) is 3.78. The normalized spacial score (nSPS) is 34.8. The van der Waals surface area contributed by atoms with E-state index in [0.717, 1.165) is 6.54 Å². The van der Waals surface area contributed by atoms with Crippen molar-refractivity contribution in [2.75, 3.05) is 19.6 Å². The number of hydrogen-bond acceptors (Lipinski definition) is 2. The van der Waals surface area contributed by atoms with Gasteiger partial charge in [-0.2, -0.15) is 0 Å². The highest BCUT2D eigenvalue weighted by Crippen LogP contribution is 2.39. The molecule has 0 aromatic carbocycles. The lowest BCUT2D eigenvalue weighted by molar-refractivity contribution is -0.0434. The number of nitrogens with zero attached hydrogens (tertiary/aromatic N) is 1. The maximum Gasteiger partial charge on any atom is 0.0631 e. The van der Waals surface area contributed by atoms with Crippen LogP contribution < -0.4 is 0 Å². The predicted molar refractivity (Wildman–Crippen MR) is 76.7 cm³/mol. The predicted octanol–water partition coefficient (Wildman–Crippen LogP) is 3.44. The molecule has 1 aliphatic heterocycles. The zero-order valence-corrected chi connectivity index (χ0v) is 12.3. The van der Waals surface area contributed by atoms with Crippen molar-refractivity contribution < 1.29 is 5.11 Å². The van der Waals surface area contributed by atoms with E-state index >= 15 is 0 Å². The molecule has 2 unspecified atom stereocenters. The fourth-order valence-electron chi connectivity index (χ4n) is 3.78. The number of aliphatic hydroxyl groups is 1. The fraction of sp³-hybridized carbons (Fsp3) is 1.00. The zero-order chi connectivity index (χ0) is 13.0. The van der Waals surface area contributed by atoms with Gasteiger partial charge in [0.15, 0.2) is 0 Å². The molecule has 0 bridgehead atoms. The van der Waals surface area contributed by atoms with Crippen LogP contribution >= 0.6 is 0 Å². The van der Waals surface area contributed by atoms with E-state index in [-0.39, 0.29) is 11.5 Å². The van der Waals surface area contributed by atoms with E-state index in [2.05, 4.69) is 18.7 Å². The van der Waals surface area contributed by atoms with Crippen LogP contribution in [0.2, 0.25) is 0 Å². The van der Waals surface area contributed by atoms with Gasteiger partial charge >= 0.3 is 0 Å². The summed E-state index contributed by atoms with van der Waals surface area (Å²) in [7, 11) is 0. The molecule has 1 heterocycles. The van der Waals surface area contributed by atoms with Crippen LogP contribution in [-0.2, 0) is 0 Å². The highest BCUT2D eigenvalue weighted by atomic mass is 16.3. The molecule has 1 saturated carbocycles. The summed E-state index contributed by atoms with van der Waals surface area (Å²) >= 11 is 0. The lowest BCUT2D eigenvalue weighted by Crippen LogP contribution is -2.45. The third-order valence-electron chi connectivity index (χ3n) is 5.08.